The number of esters is 1. The monoisotopic (exact) mass is 384 g/mol. The first-order valence-electron chi connectivity index (χ1n) is 10.4. The van der Waals surface area contributed by atoms with Crippen molar-refractivity contribution in [1.29, 1.82) is 0 Å². The van der Waals surface area contributed by atoms with Gasteiger partial charge in [-0.2, -0.15) is 0 Å². The normalized spacial score (nSPS) is 24.1. The second-order valence-corrected chi connectivity index (χ2v) is 8.25. The Morgan fingerprint density at radius 2 is 2.07 bits per heavy atom. The molecule has 0 saturated heterocycles. The summed E-state index contributed by atoms with van der Waals surface area (Å²) < 4.78 is 11.4. The van der Waals surface area contributed by atoms with E-state index in [0.29, 0.717) is 16.9 Å². The molecule has 1 aromatic rings. The highest BCUT2D eigenvalue weighted by molar-refractivity contribution is 5.96. The third-order valence-electron chi connectivity index (χ3n) is 5.90. The van der Waals surface area contributed by atoms with Crippen molar-refractivity contribution in [3.05, 3.63) is 46.6 Å². The molecule has 1 N–H and O–H groups in total. The van der Waals surface area contributed by atoms with Gasteiger partial charge in [0.05, 0.1) is 0 Å². The van der Waals surface area contributed by atoms with Crippen molar-refractivity contribution in [1.82, 2.24) is 0 Å². The average molecular weight is 385 g/mol. The SMILES string of the molecule is C=C(C)[C@@H]1CCC(C)=C[C@H]1c1c(O)cc(CCCCC)c2c1OC(C)OC2=O. The standard InChI is InChI=1S/C24H32O4/c1-6-7-8-9-17-13-20(25)22(23-21(17)24(26)28-16(5)27-23)19-12-15(4)10-11-18(19)14(2)3/h12-13,16,18-19,25H,2,6-11H2,1,3-5H3/t16?,18-,19+/m0/s1. The summed E-state index contributed by atoms with van der Waals surface area (Å²) >= 11 is 0. The molecule has 0 saturated carbocycles. The lowest BCUT2D eigenvalue weighted by atomic mass is 9.73. The molecule has 1 aliphatic heterocycles. The number of carbonyl (C=O) groups is 1. The van der Waals surface area contributed by atoms with Crippen LogP contribution in [-0.4, -0.2) is 17.4 Å². The number of hydrogen-bond donors (Lipinski definition) is 1. The van der Waals surface area contributed by atoms with Gasteiger partial charge in [0.15, 0.2) is 0 Å². The number of fused-ring (bicyclic) bond motifs is 1. The molecule has 2 aliphatic rings. The number of cyclic esters (lactones) is 1. The molecule has 4 nitrogen and oxygen atoms in total. The summed E-state index contributed by atoms with van der Waals surface area (Å²) in [5, 5.41) is 11.0. The van der Waals surface area contributed by atoms with E-state index < -0.39 is 6.29 Å². The van der Waals surface area contributed by atoms with E-state index in [0.717, 1.165) is 49.7 Å². The maximum absolute atomic E-state index is 12.8. The number of rotatable bonds is 6. The Morgan fingerprint density at radius 3 is 2.75 bits per heavy atom. The zero-order valence-corrected chi connectivity index (χ0v) is 17.5. The quantitative estimate of drug-likeness (QED) is 0.369. The third-order valence-corrected chi connectivity index (χ3v) is 5.90. The second-order valence-electron chi connectivity index (χ2n) is 8.25. The minimum atomic E-state index is -0.666. The van der Waals surface area contributed by atoms with Crippen LogP contribution >= 0.6 is 0 Å². The average Bonchev–Trinajstić information content (AvgIpc) is 2.60. The van der Waals surface area contributed by atoms with Gasteiger partial charge in [-0.05, 0) is 57.1 Å². The van der Waals surface area contributed by atoms with Crippen molar-refractivity contribution in [2.24, 2.45) is 5.92 Å². The molecule has 1 unspecified atom stereocenters. The van der Waals surface area contributed by atoms with Crippen LogP contribution in [0.15, 0.2) is 29.9 Å². The van der Waals surface area contributed by atoms with E-state index in [1.54, 1.807) is 13.0 Å². The maximum Gasteiger partial charge on any atom is 0.345 e. The predicted octanol–water partition coefficient (Wildman–Crippen LogP) is 6.04. The van der Waals surface area contributed by atoms with Crippen LogP contribution in [0.25, 0.3) is 0 Å². The van der Waals surface area contributed by atoms with Crippen LogP contribution in [0.3, 0.4) is 0 Å². The summed E-state index contributed by atoms with van der Waals surface area (Å²) in [5.74, 6) is 0.501. The zero-order valence-electron chi connectivity index (χ0n) is 17.5. The number of ether oxygens (including phenoxy) is 2. The number of aromatic hydroxyl groups is 1. The Morgan fingerprint density at radius 1 is 1.32 bits per heavy atom. The van der Waals surface area contributed by atoms with E-state index in [1.165, 1.54) is 5.57 Å². The van der Waals surface area contributed by atoms with Crippen molar-refractivity contribution >= 4 is 5.97 Å². The summed E-state index contributed by atoms with van der Waals surface area (Å²) in [4.78, 5) is 12.8. The number of aryl methyl sites for hydroxylation is 1. The number of unbranched alkanes of at least 4 members (excludes halogenated alkanes) is 2. The number of phenols is 1. The lowest BCUT2D eigenvalue weighted by Gasteiger charge is -2.34. The van der Waals surface area contributed by atoms with E-state index in [-0.39, 0.29) is 23.6 Å². The minimum absolute atomic E-state index is 0.0530. The second kappa shape index (κ2) is 8.42. The van der Waals surface area contributed by atoms with Gasteiger partial charge in [0.1, 0.15) is 17.1 Å². The number of phenolic OH excluding ortho intramolecular Hbond substituents is 1. The highest BCUT2D eigenvalue weighted by atomic mass is 16.7. The van der Waals surface area contributed by atoms with Crippen molar-refractivity contribution in [3.8, 4) is 11.5 Å². The Balaban J connectivity index is 2.16. The summed E-state index contributed by atoms with van der Waals surface area (Å²) in [6.45, 7) is 12.2. The van der Waals surface area contributed by atoms with Crippen LogP contribution in [-0.2, 0) is 11.2 Å². The van der Waals surface area contributed by atoms with Gasteiger partial charge in [0.25, 0.3) is 0 Å². The van der Waals surface area contributed by atoms with Crippen LogP contribution in [0.4, 0.5) is 0 Å². The largest absolute Gasteiger partial charge is 0.507 e. The molecule has 28 heavy (non-hydrogen) atoms. The van der Waals surface area contributed by atoms with Crippen molar-refractivity contribution in [3.63, 3.8) is 0 Å². The third kappa shape index (κ3) is 3.96. The molecule has 0 spiro atoms. The van der Waals surface area contributed by atoms with Gasteiger partial charge in [-0.1, -0.05) is 43.6 Å². The van der Waals surface area contributed by atoms with Gasteiger partial charge >= 0.3 is 5.97 Å². The molecular weight excluding hydrogens is 352 g/mol. The van der Waals surface area contributed by atoms with Gasteiger partial charge in [-0.15, -0.1) is 0 Å². The van der Waals surface area contributed by atoms with Crippen LogP contribution in [0.5, 0.6) is 11.5 Å². The first kappa shape index (κ1) is 20.5. The highest BCUT2D eigenvalue weighted by Crippen LogP contribution is 2.49. The van der Waals surface area contributed by atoms with Crippen LogP contribution in [0.2, 0.25) is 0 Å². The first-order valence-corrected chi connectivity index (χ1v) is 10.4. The highest BCUT2D eigenvalue weighted by Gasteiger charge is 2.37. The van der Waals surface area contributed by atoms with E-state index in [9.17, 15) is 9.90 Å². The molecule has 152 valence electrons. The lowest BCUT2D eigenvalue weighted by molar-refractivity contribution is -0.0498. The van der Waals surface area contributed by atoms with Gasteiger partial charge in [0, 0.05) is 18.4 Å². The predicted molar refractivity (Wildman–Crippen MR) is 111 cm³/mol. The first-order chi connectivity index (χ1) is 13.3. The van der Waals surface area contributed by atoms with E-state index in [2.05, 4.69) is 26.5 Å². The van der Waals surface area contributed by atoms with Gasteiger partial charge in [-0.25, -0.2) is 4.79 Å². The van der Waals surface area contributed by atoms with Gasteiger partial charge in [-0.3, -0.25) is 0 Å². The molecule has 1 heterocycles. The molecule has 0 aromatic heterocycles. The molecule has 3 rings (SSSR count). The van der Waals surface area contributed by atoms with Gasteiger partial charge in [0.2, 0.25) is 6.29 Å². The molecule has 1 aliphatic carbocycles. The van der Waals surface area contributed by atoms with Crippen LogP contribution in [0, 0.1) is 5.92 Å². The molecule has 0 bridgehead atoms. The minimum Gasteiger partial charge on any atom is -0.507 e. The summed E-state index contributed by atoms with van der Waals surface area (Å²) in [6.07, 6.45) is 7.38. The van der Waals surface area contributed by atoms with E-state index >= 15 is 0 Å². The molecule has 0 amide bonds. The lowest BCUT2D eigenvalue weighted by Crippen LogP contribution is -2.30. The summed E-state index contributed by atoms with van der Waals surface area (Å²) in [5.41, 5.74) is 4.36. The number of hydrogen-bond acceptors (Lipinski definition) is 4. The Hall–Kier alpha value is -2.23. The van der Waals surface area contributed by atoms with Crippen molar-refractivity contribution in [2.75, 3.05) is 0 Å². The maximum atomic E-state index is 12.8. The Labute approximate surface area is 168 Å². The zero-order chi connectivity index (χ0) is 20.4. The molecule has 0 fully saturated rings. The molecule has 1 aromatic carbocycles. The smallest absolute Gasteiger partial charge is 0.345 e. The molecule has 3 atom stereocenters. The number of carbonyl (C=O) groups excluding carboxylic acids is 1. The van der Waals surface area contributed by atoms with Crippen molar-refractivity contribution in [2.45, 2.75) is 78.4 Å². The summed E-state index contributed by atoms with van der Waals surface area (Å²) in [6, 6.07) is 1.75. The molecule has 4 heteroatoms. The molecule has 0 radical (unpaired) electrons. The van der Waals surface area contributed by atoms with Gasteiger partial charge < -0.3 is 14.6 Å². The van der Waals surface area contributed by atoms with Crippen LogP contribution in [0.1, 0.15) is 87.2 Å². The number of benzene rings is 1. The fourth-order valence-electron chi connectivity index (χ4n) is 4.45. The topological polar surface area (TPSA) is 55.8 Å². The van der Waals surface area contributed by atoms with Crippen molar-refractivity contribution < 1.29 is 19.4 Å². The summed E-state index contributed by atoms with van der Waals surface area (Å²) in [7, 11) is 0. The fraction of sp³-hybridized carbons (Fsp3) is 0.542. The van der Waals surface area contributed by atoms with E-state index in [1.807, 2.05) is 6.92 Å². The van der Waals surface area contributed by atoms with Crippen LogP contribution < -0.4 is 4.74 Å². The Kier molecular flexibility index (Phi) is 6.17. The number of allylic oxidation sites excluding steroid dienone is 3. The fourth-order valence-corrected chi connectivity index (χ4v) is 4.45. The molecular formula is C24H32O4. The Bertz CT molecular complexity index is 805. The van der Waals surface area contributed by atoms with E-state index in [4.69, 9.17) is 9.47 Å².